The number of halogens is 1. The molecule has 1 aliphatic heterocycles. The Morgan fingerprint density at radius 3 is 2.70 bits per heavy atom. The molecule has 0 bridgehead atoms. The van der Waals surface area contributed by atoms with Gasteiger partial charge in [-0.15, -0.1) is 0 Å². The average Bonchev–Trinajstić information content (AvgIpc) is 3.00. The van der Waals surface area contributed by atoms with Gasteiger partial charge in [-0.25, -0.2) is 9.18 Å². The summed E-state index contributed by atoms with van der Waals surface area (Å²) in [6.45, 7) is 2.31. The molecule has 0 radical (unpaired) electrons. The normalized spacial score (nSPS) is 20.1. The number of benzene rings is 1. The Balaban J connectivity index is 2.00. The second-order valence-electron chi connectivity index (χ2n) is 5.69. The lowest BCUT2D eigenvalue weighted by atomic mass is 10.0. The van der Waals surface area contributed by atoms with Crippen LogP contribution in [0.5, 0.6) is 0 Å². The van der Waals surface area contributed by atoms with Crippen LogP contribution in [0.3, 0.4) is 0 Å². The van der Waals surface area contributed by atoms with Crippen LogP contribution >= 0.6 is 0 Å². The number of amides is 2. The number of urea groups is 1. The molecule has 7 heteroatoms. The Kier molecular flexibility index (Phi) is 5.54. The summed E-state index contributed by atoms with van der Waals surface area (Å²) in [6, 6.07) is 5.42. The highest BCUT2D eigenvalue weighted by Gasteiger charge is 2.32. The number of likely N-dealkylation sites (tertiary alicyclic amines) is 1. The zero-order valence-electron chi connectivity index (χ0n) is 13.2. The maximum Gasteiger partial charge on any atom is 0.317 e. The number of carbonyl (C=O) groups is 2. The summed E-state index contributed by atoms with van der Waals surface area (Å²) >= 11 is 0. The van der Waals surface area contributed by atoms with Crippen molar-refractivity contribution in [2.45, 2.75) is 25.5 Å². The number of carboxylic acid groups (broad SMARTS) is 1. The molecule has 1 aliphatic rings. The van der Waals surface area contributed by atoms with Gasteiger partial charge in [-0.1, -0.05) is 18.2 Å². The zero-order valence-corrected chi connectivity index (χ0v) is 13.2. The van der Waals surface area contributed by atoms with E-state index >= 15 is 0 Å². The molecule has 2 rings (SSSR count). The van der Waals surface area contributed by atoms with Crippen LogP contribution in [0, 0.1) is 11.7 Å². The Hall–Kier alpha value is -2.15. The van der Waals surface area contributed by atoms with Crippen molar-refractivity contribution in [3.05, 3.63) is 35.6 Å². The average molecular weight is 324 g/mol. The third kappa shape index (κ3) is 3.98. The fourth-order valence-corrected chi connectivity index (χ4v) is 2.81. The van der Waals surface area contributed by atoms with Gasteiger partial charge in [0.05, 0.1) is 12.0 Å². The smallest absolute Gasteiger partial charge is 0.317 e. The van der Waals surface area contributed by atoms with Crippen LogP contribution < -0.4 is 5.32 Å². The summed E-state index contributed by atoms with van der Waals surface area (Å²) < 4.78 is 19.2. The van der Waals surface area contributed by atoms with Gasteiger partial charge in [-0.2, -0.15) is 0 Å². The third-order valence-electron chi connectivity index (χ3n) is 4.10. The predicted molar refractivity (Wildman–Crippen MR) is 81.5 cm³/mol. The molecule has 6 nitrogen and oxygen atoms in total. The number of nitrogens with one attached hydrogen (secondary N) is 1. The van der Waals surface area contributed by atoms with E-state index in [4.69, 9.17) is 9.84 Å². The number of rotatable bonds is 5. The van der Waals surface area contributed by atoms with E-state index in [1.807, 2.05) is 0 Å². The van der Waals surface area contributed by atoms with Crippen LogP contribution in [0.4, 0.5) is 9.18 Å². The minimum atomic E-state index is -0.894. The van der Waals surface area contributed by atoms with Crippen molar-refractivity contribution in [2.24, 2.45) is 5.92 Å². The molecule has 1 heterocycles. The zero-order chi connectivity index (χ0) is 17.0. The van der Waals surface area contributed by atoms with Gasteiger partial charge in [0.2, 0.25) is 0 Å². The first-order valence-electron chi connectivity index (χ1n) is 7.49. The van der Waals surface area contributed by atoms with E-state index in [0.29, 0.717) is 18.5 Å². The summed E-state index contributed by atoms with van der Waals surface area (Å²) in [4.78, 5) is 24.6. The van der Waals surface area contributed by atoms with Crippen molar-refractivity contribution in [3.8, 4) is 0 Å². The second kappa shape index (κ2) is 7.41. The minimum Gasteiger partial charge on any atom is -0.481 e. The van der Waals surface area contributed by atoms with E-state index < -0.39 is 29.9 Å². The summed E-state index contributed by atoms with van der Waals surface area (Å²) in [6.07, 6.45) is -0.184. The van der Waals surface area contributed by atoms with Gasteiger partial charge in [0.15, 0.2) is 0 Å². The Morgan fingerprint density at radius 2 is 2.13 bits per heavy atom. The molecule has 0 aliphatic carbocycles. The summed E-state index contributed by atoms with van der Waals surface area (Å²) in [7, 11) is 1.45. The second-order valence-corrected chi connectivity index (χ2v) is 5.69. The first-order valence-corrected chi connectivity index (χ1v) is 7.49. The van der Waals surface area contributed by atoms with Crippen molar-refractivity contribution in [3.63, 3.8) is 0 Å². The van der Waals surface area contributed by atoms with Gasteiger partial charge >= 0.3 is 12.0 Å². The van der Waals surface area contributed by atoms with E-state index in [9.17, 15) is 14.0 Å². The third-order valence-corrected chi connectivity index (χ3v) is 4.10. The standard InChI is InChI=1S/C16H21FN2O4/c1-10(14(23-2)12-5-3-4-6-13(12)17)18-16(22)19-8-7-11(9-19)15(20)21/h3-6,10-11,14H,7-9H2,1-2H3,(H,18,22)(H,20,21). The number of carbonyl (C=O) groups excluding carboxylic acids is 1. The highest BCUT2D eigenvalue weighted by Crippen LogP contribution is 2.24. The van der Waals surface area contributed by atoms with E-state index in [-0.39, 0.29) is 12.6 Å². The SMILES string of the molecule is COC(c1ccccc1F)C(C)NC(=O)N1CCC(C(=O)O)C1. The molecule has 1 aromatic rings. The molecular weight excluding hydrogens is 303 g/mol. The minimum absolute atomic E-state index is 0.186. The molecule has 126 valence electrons. The highest BCUT2D eigenvalue weighted by atomic mass is 19.1. The maximum atomic E-state index is 13.9. The van der Waals surface area contributed by atoms with E-state index in [2.05, 4.69) is 5.32 Å². The summed E-state index contributed by atoms with van der Waals surface area (Å²) in [5.41, 5.74) is 0.368. The van der Waals surface area contributed by atoms with E-state index in [1.54, 1.807) is 25.1 Å². The molecule has 1 aromatic carbocycles. The van der Waals surface area contributed by atoms with Crippen molar-refractivity contribution in [2.75, 3.05) is 20.2 Å². The number of methoxy groups -OCH3 is 1. The van der Waals surface area contributed by atoms with Crippen LogP contribution in [0.25, 0.3) is 0 Å². The molecule has 2 N–H and O–H groups in total. The fourth-order valence-electron chi connectivity index (χ4n) is 2.81. The van der Waals surface area contributed by atoms with Gasteiger partial charge < -0.3 is 20.1 Å². The van der Waals surface area contributed by atoms with Crippen molar-refractivity contribution >= 4 is 12.0 Å². The summed E-state index contributed by atoms with van der Waals surface area (Å²) in [5.74, 6) is -1.82. The number of hydrogen-bond donors (Lipinski definition) is 2. The number of nitrogens with zero attached hydrogens (tertiary/aromatic N) is 1. The number of hydrogen-bond acceptors (Lipinski definition) is 3. The molecule has 0 saturated carbocycles. The van der Waals surface area contributed by atoms with Crippen LogP contribution in [-0.2, 0) is 9.53 Å². The molecule has 23 heavy (non-hydrogen) atoms. The molecule has 1 fully saturated rings. The van der Waals surface area contributed by atoms with E-state index in [0.717, 1.165) is 0 Å². The van der Waals surface area contributed by atoms with Crippen molar-refractivity contribution < 1.29 is 23.8 Å². The Morgan fingerprint density at radius 1 is 1.43 bits per heavy atom. The van der Waals surface area contributed by atoms with Crippen LogP contribution in [0.1, 0.15) is 25.0 Å². The molecule has 2 amide bonds. The number of carboxylic acids is 1. The largest absolute Gasteiger partial charge is 0.481 e. The van der Waals surface area contributed by atoms with Crippen LogP contribution in [-0.4, -0.2) is 48.2 Å². The molecular formula is C16H21FN2O4. The molecule has 0 spiro atoms. The number of ether oxygens (including phenoxy) is 1. The lowest BCUT2D eigenvalue weighted by molar-refractivity contribution is -0.141. The maximum absolute atomic E-state index is 13.9. The quantitative estimate of drug-likeness (QED) is 0.868. The Labute approximate surface area is 134 Å². The van der Waals surface area contributed by atoms with Crippen LogP contribution in [0.2, 0.25) is 0 Å². The lowest BCUT2D eigenvalue weighted by Crippen LogP contribution is -2.45. The van der Waals surface area contributed by atoms with Gasteiger partial charge in [0.25, 0.3) is 0 Å². The monoisotopic (exact) mass is 324 g/mol. The first-order chi connectivity index (χ1) is 10.9. The summed E-state index contributed by atoms with van der Waals surface area (Å²) in [5, 5.41) is 11.7. The van der Waals surface area contributed by atoms with Gasteiger partial charge in [0.1, 0.15) is 11.9 Å². The Bertz CT molecular complexity index is 581. The first kappa shape index (κ1) is 17.2. The van der Waals surface area contributed by atoms with Gasteiger partial charge in [-0.3, -0.25) is 4.79 Å². The molecule has 1 saturated heterocycles. The topological polar surface area (TPSA) is 78.9 Å². The van der Waals surface area contributed by atoms with Crippen LogP contribution in [0.15, 0.2) is 24.3 Å². The van der Waals surface area contributed by atoms with Crippen molar-refractivity contribution in [1.29, 1.82) is 0 Å². The van der Waals surface area contributed by atoms with E-state index in [1.165, 1.54) is 18.1 Å². The highest BCUT2D eigenvalue weighted by molar-refractivity contribution is 5.77. The lowest BCUT2D eigenvalue weighted by Gasteiger charge is -2.27. The molecule has 3 unspecified atom stereocenters. The van der Waals surface area contributed by atoms with Gasteiger partial charge in [-0.05, 0) is 19.4 Å². The molecule has 0 aromatic heterocycles. The number of aliphatic carboxylic acids is 1. The molecule has 3 atom stereocenters. The van der Waals surface area contributed by atoms with Crippen molar-refractivity contribution in [1.82, 2.24) is 10.2 Å². The van der Waals surface area contributed by atoms with Gasteiger partial charge in [0, 0.05) is 25.8 Å². The fraction of sp³-hybridized carbons (Fsp3) is 0.500. The predicted octanol–water partition coefficient (Wildman–Crippen LogP) is 2.02.